The topological polar surface area (TPSA) is 63.4 Å². The Morgan fingerprint density at radius 1 is 1.21 bits per heavy atom. The molecule has 7 nitrogen and oxygen atoms in total. The minimum Gasteiger partial charge on any atom is -0.310 e. The van der Waals surface area contributed by atoms with Gasteiger partial charge in [-0.25, -0.2) is 17.5 Å². The third-order valence-corrected chi connectivity index (χ3v) is 6.44. The van der Waals surface area contributed by atoms with Crippen LogP contribution in [-0.4, -0.2) is 58.1 Å². The second-order valence-corrected chi connectivity index (χ2v) is 7.89. The lowest BCUT2D eigenvalue weighted by Gasteiger charge is -2.33. The van der Waals surface area contributed by atoms with E-state index in [1.165, 1.54) is 22.5 Å². The van der Waals surface area contributed by atoms with Crippen molar-refractivity contribution >= 4 is 22.2 Å². The van der Waals surface area contributed by atoms with E-state index in [0.29, 0.717) is 37.6 Å². The highest BCUT2D eigenvalue weighted by atomic mass is 32.2. The third kappa shape index (κ3) is 3.27. The molecule has 0 atom stereocenters. The summed E-state index contributed by atoms with van der Waals surface area (Å²) in [4.78, 5) is 1.79. The van der Waals surface area contributed by atoms with Gasteiger partial charge in [-0.2, -0.15) is 9.40 Å². The van der Waals surface area contributed by atoms with Crippen molar-refractivity contribution in [3.63, 3.8) is 0 Å². The quantitative estimate of drug-likeness (QED) is 0.752. The molecule has 2 aromatic rings. The number of sulfonamides is 1. The van der Waals surface area contributed by atoms with Gasteiger partial charge in [0.05, 0.1) is 6.67 Å². The fraction of sp³-hybridized carbons (Fsp3) is 0.429. The van der Waals surface area contributed by atoms with Crippen molar-refractivity contribution < 1.29 is 12.8 Å². The third-order valence-electron chi connectivity index (χ3n) is 4.01. The van der Waals surface area contributed by atoms with Gasteiger partial charge in [0.15, 0.2) is 4.77 Å². The predicted octanol–water partition coefficient (Wildman–Crippen LogP) is 1.05. The first-order chi connectivity index (χ1) is 11.4. The van der Waals surface area contributed by atoms with Crippen LogP contribution in [0.5, 0.6) is 0 Å². The van der Waals surface area contributed by atoms with E-state index in [0.717, 1.165) is 6.07 Å². The van der Waals surface area contributed by atoms with E-state index in [2.05, 4.69) is 10.00 Å². The van der Waals surface area contributed by atoms with E-state index in [4.69, 9.17) is 12.2 Å². The van der Waals surface area contributed by atoms with Crippen LogP contribution in [0.4, 0.5) is 4.39 Å². The Kier molecular flexibility index (Phi) is 4.81. The second-order valence-electron chi connectivity index (χ2n) is 5.62. The lowest BCUT2D eigenvalue weighted by molar-refractivity contribution is 0.144. The fourth-order valence-corrected chi connectivity index (χ4v) is 4.25. The molecule has 0 N–H and O–H groups in total. The largest absolute Gasteiger partial charge is 0.310 e. The van der Waals surface area contributed by atoms with Gasteiger partial charge in [-0.1, -0.05) is 12.1 Å². The maximum Gasteiger partial charge on any atom is 0.246 e. The highest BCUT2D eigenvalue weighted by Gasteiger charge is 2.30. The molecular formula is C14H18FN5O2S2. The Hall–Kier alpha value is -1.62. The molecule has 0 unspecified atom stereocenters. The maximum absolute atomic E-state index is 13.8. The minimum absolute atomic E-state index is 0.273. The first kappa shape index (κ1) is 17.2. The van der Waals surface area contributed by atoms with Gasteiger partial charge in [0.2, 0.25) is 10.0 Å². The second kappa shape index (κ2) is 6.71. The van der Waals surface area contributed by atoms with Crippen molar-refractivity contribution in [1.82, 2.24) is 23.6 Å². The van der Waals surface area contributed by atoms with Crippen LogP contribution >= 0.6 is 12.2 Å². The summed E-state index contributed by atoms with van der Waals surface area (Å²) in [5, 5.41) is 4.19. The number of rotatable bonds is 4. The Morgan fingerprint density at radius 3 is 2.46 bits per heavy atom. The summed E-state index contributed by atoms with van der Waals surface area (Å²) in [5.41, 5.74) is 0. The summed E-state index contributed by atoms with van der Waals surface area (Å²) in [6.45, 7) is 2.18. The summed E-state index contributed by atoms with van der Waals surface area (Å²) >= 11 is 5.24. The molecule has 0 amide bonds. The van der Waals surface area contributed by atoms with Crippen molar-refractivity contribution in [2.75, 3.05) is 26.2 Å². The number of hydrogen-bond donors (Lipinski definition) is 0. The van der Waals surface area contributed by atoms with Gasteiger partial charge < -0.3 is 4.57 Å². The molecular weight excluding hydrogens is 353 g/mol. The van der Waals surface area contributed by atoms with Crippen molar-refractivity contribution in [3.8, 4) is 0 Å². The first-order valence-electron chi connectivity index (χ1n) is 7.45. The van der Waals surface area contributed by atoms with Crippen LogP contribution < -0.4 is 0 Å². The molecule has 1 saturated heterocycles. The minimum atomic E-state index is -3.81. The molecule has 0 bridgehead atoms. The van der Waals surface area contributed by atoms with Crippen molar-refractivity contribution in [2.45, 2.75) is 11.6 Å². The molecule has 10 heteroatoms. The number of aryl methyl sites for hydroxylation is 1. The Morgan fingerprint density at radius 2 is 1.88 bits per heavy atom. The fourth-order valence-electron chi connectivity index (χ4n) is 2.61. The summed E-state index contributed by atoms with van der Waals surface area (Å²) in [6, 6.07) is 5.45. The summed E-state index contributed by atoms with van der Waals surface area (Å²) in [6.07, 6.45) is 1.64. The smallest absolute Gasteiger partial charge is 0.246 e. The maximum atomic E-state index is 13.8. The van der Waals surface area contributed by atoms with Crippen LogP contribution in [0.2, 0.25) is 0 Å². The van der Waals surface area contributed by atoms with Gasteiger partial charge in [0.1, 0.15) is 17.0 Å². The molecule has 1 aromatic heterocycles. The Bertz CT molecular complexity index is 885. The molecule has 1 fully saturated rings. The van der Waals surface area contributed by atoms with E-state index in [9.17, 15) is 12.8 Å². The van der Waals surface area contributed by atoms with Crippen LogP contribution in [0.15, 0.2) is 35.5 Å². The average molecular weight is 371 g/mol. The lowest BCUT2D eigenvalue weighted by Crippen LogP contribution is -2.49. The van der Waals surface area contributed by atoms with E-state index in [1.54, 1.807) is 15.6 Å². The van der Waals surface area contributed by atoms with E-state index in [-0.39, 0.29) is 4.90 Å². The monoisotopic (exact) mass is 371 g/mol. The van der Waals surface area contributed by atoms with Gasteiger partial charge >= 0.3 is 0 Å². The average Bonchev–Trinajstić information content (AvgIpc) is 2.88. The molecule has 0 aliphatic carbocycles. The van der Waals surface area contributed by atoms with Gasteiger partial charge in [0, 0.05) is 33.2 Å². The number of halogens is 1. The summed E-state index contributed by atoms with van der Waals surface area (Å²) < 4.78 is 44.3. The predicted molar refractivity (Wildman–Crippen MR) is 88.8 cm³/mol. The van der Waals surface area contributed by atoms with Gasteiger partial charge in [-0.05, 0) is 24.4 Å². The van der Waals surface area contributed by atoms with Crippen molar-refractivity contribution in [3.05, 3.63) is 41.2 Å². The summed E-state index contributed by atoms with van der Waals surface area (Å²) in [5.74, 6) is -0.722. The van der Waals surface area contributed by atoms with Crippen LogP contribution in [0.25, 0.3) is 0 Å². The zero-order chi connectivity index (χ0) is 17.3. The molecule has 130 valence electrons. The molecule has 24 heavy (non-hydrogen) atoms. The first-order valence-corrected chi connectivity index (χ1v) is 9.30. The molecule has 0 spiro atoms. The molecule has 1 aliphatic heterocycles. The van der Waals surface area contributed by atoms with Crippen LogP contribution in [-0.2, 0) is 23.7 Å². The van der Waals surface area contributed by atoms with E-state index in [1.807, 2.05) is 7.05 Å². The summed E-state index contributed by atoms with van der Waals surface area (Å²) in [7, 11) is -1.98. The molecule has 0 saturated carbocycles. The normalized spacial score (nSPS) is 17.2. The lowest BCUT2D eigenvalue weighted by atomic mass is 10.3. The van der Waals surface area contributed by atoms with Crippen LogP contribution in [0.3, 0.4) is 0 Å². The number of piperazine rings is 1. The number of aromatic nitrogens is 3. The molecule has 0 radical (unpaired) electrons. The molecule has 3 rings (SSSR count). The van der Waals surface area contributed by atoms with Crippen molar-refractivity contribution in [1.29, 1.82) is 0 Å². The molecule has 1 aliphatic rings. The highest BCUT2D eigenvalue weighted by molar-refractivity contribution is 7.89. The van der Waals surface area contributed by atoms with Gasteiger partial charge in [0.25, 0.3) is 0 Å². The Balaban J connectivity index is 1.68. The standard InChI is InChI=1S/C14H18FN5O2S2/c1-17-10-16-20(14(17)23)11-18-6-8-19(9-7-18)24(21,22)13-5-3-2-4-12(13)15/h2-5,10H,6-9,11H2,1H3. The van der Waals surface area contributed by atoms with Crippen LogP contribution in [0, 0.1) is 10.6 Å². The zero-order valence-electron chi connectivity index (χ0n) is 13.2. The SMILES string of the molecule is Cn1cnn(CN2CCN(S(=O)(=O)c3ccccc3F)CC2)c1=S. The van der Waals surface area contributed by atoms with E-state index < -0.39 is 15.8 Å². The highest BCUT2D eigenvalue weighted by Crippen LogP contribution is 2.20. The number of hydrogen-bond acceptors (Lipinski definition) is 5. The van der Waals surface area contributed by atoms with Crippen LogP contribution in [0.1, 0.15) is 0 Å². The van der Waals surface area contributed by atoms with Crippen molar-refractivity contribution in [2.24, 2.45) is 7.05 Å². The zero-order valence-corrected chi connectivity index (χ0v) is 14.8. The number of benzene rings is 1. The van der Waals surface area contributed by atoms with E-state index >= 15 is 0 Å². The Labute approximate surface area is 145 Å². The van der Waals surface area contributed by atoms with Gasteiger partial charge in [-0.3, -0.25) is 4.90 Å². The number of nitrogens with zero attached hydrogens (tertiary/aromatic N) is 5. The van der Waals surface area contributed by atoms with Gasteiger partial charge in [-0.15, -0.1) is 0 Å². The molecule has 1 aromatic carbocycles. The molecule has 2 heterocycles.